The van der Waals surface area contributed by atoms with Gasteiger partial charge in [-0.25, -0.2) is 0 Å². The zero-order chi connectivity index (χ0) is 24.1. The van der Waals surface area contributed by atoms with E-state index in [0.29, 0.717) is 19.5 Å². The van der Waals surface area contributed by atoms with Gasteiger partial charge >= 0.3 is 0 Å². The Kier molecular flexibility index (Phi) is 15.9. The first-order valence-corrected chi connectivity index (χ1v) is 14.1. The summed E-state index contributed by atoms with van der Waals surface area (Å²) < 4.78 is 0. The monoisotopic (exact) mass is 463 g/mol. The van der Waals surface area contributed by atoms with Gasteiger partial charge in [-0.15, -0.1) is 0 Å². The van der Waals surface area contributed by atoms with Crippen LogP contribution in [-0.4, -0.2) is 10.8 Å². The number of carbonyl (C=O) groups is 1. The fourth-order valence-corrected chi connectivity index (χ4v) is 4.65. The number of hydrogen-bond donors (Lipinski definition) is 0. The minimum absolute atomic E-state index is 0.280. The van der Waals surface area contributed by atoms with Gasteiger partial charge in [0, 0.05) is 19.5 Å². The smallest absolute Gasteiger partial charge is 0.223 e. The summed E-state index contributed by atoms with van der Waals surface area (Å²) in [6.07, 6.45) is 20.9. The molecule has 0 unspecified atom stereocenters. The van der Waals surface area contributed by atoms with Gasteiger partial charge in [0.25, 0.3) is 0 Å². The van der Waals surface area contributed by atoms with Crippen LogP contribution in [0.1, 0.15) is 121 Å². The molecule has 0 spiro atoms. The predicted octanol–water partition coefficient (Wildman–Crippen LogP) is 9.48. The van der Waals surface area contributed by atoms with Crippen molar-refractivity contribution in [1.29, 1.82) is 0 Å². The van der Waals surface area contributed by atoms with Gasteiger partial charge in [0.05, 0.1) is 0 Å². The summed E-state index contributed by atoms with van der Waals surface area (Å²) in [6.45, 7) is 3.66. The first-order valence-electron chi connectivity index (χ1n) is 14.1. The van der Waals surface area contributed by atoms with Crippen LogP contribution in [0.2, 0.25) is 0 Å². The standard InChI is InChI=1S/C32H49NO/c1-2-3-4-5-6-7-8-9-10-11-12-13-14-15-22-27-32(34)33(28-30-23-18-16-19-24-30)29-31-25-20-17-21-26-31/h16-21,23-26H,2-15,22,27-29H2,1H3. The maximum Gasteiger partial charge on any atom is 0.223 e. The number of nitrogens with zero attached hydrogens (tertiary/aromatic N) is 1. The highest BCUT2D eigenvalue weighted by Crippen LogP contribution is 2.16. The van der Waals surface area contributed by atoms with Crippen LogP contribution in [0.15, 0.2) is 60.7 Å². The van der Waals surface area contributed by atoms with E-state index in [1.54, 1.807) is 0 Å². The number of amides is 1. The van der Waals surface area contributed by atoms with E-state index in [0.717, 1.165) is 6.42 Å². The Hall–Kier alpha value is -2.09. The average molecular weight is 464 g/mol. The molecule has 0 aromatic heterocycles. The summed E-state index contributed by atoms with van der Waals surface area (Å²) >= 11 is 0. The minimum Gasteiger partial charge on any atom is -0.334 e. The molecule has 0 heterocycles. The minimum atomic E-state index is 0.280. The zero-order valence-corrected chi connectivity index (χ0v) is 21.9. The number of rotatable bonds is 20. The summed E-state index contributed by atoms with van der Waals surface area (Å²) in [5.41, 5.74) is 2.39. The molecule has 0 bridgehead atoms. The van der Waals surface area contributed by atoms with E-state index < -0.39 is 0 Å². The second kappa shape index (κ2) is 19.2. The summed E-state index contributed by atoms with van der Waals surface area (Å²) in [6, 6.07) is 20.7. The van der Waals surface area contributed by atoms with Crippen LogP contribution in [0.5, 0.6) is 0 Å². The molecule has 0 aliphatic heterocycles. The quantitative estimate of drug-likeness (QED) is 0.179. The van der Waals surface area contributed by atoms with Crippen molar-refractivity contribution in [3.63, 3.8) is 0 Å². The number of carbonyl (C=O) groups excluding carboxylic acids is 1. The zero-order valence-electron chi connectivity index (χ0n) is 21.9. The topological polar surface area (TPSA) is 20.3 Å². The molecule has 0 N–H and O–H groups in total. The molecular weight excluding hydrogens is 414 g/mol. The molecule has 34 heavy (non-hydrogen) atoms. The summed E-state index contributed by atoms with van der Waals surface area (Å²) in [7, 11) is 0. The molecule has 2 aromatic rings. The lowest BCUT2D eigenvalue weighted by Crippen LogP contribution is -2.29. The summed E-state index contributed by atoms with van der Waals surface area (Å²) in [5, 5.41) is 0. The molecule has 0 radical (unpaired) electrons. The van der Waals surface area contributed by atoms with Crippen molar-refractivity contribution >= 4 is 5.91 Å². The maximum atomic E-state index is 13.0. The second-order valence-electron chi connectivity index (χ2n) is 9.92. The van der Waals surface area contributed by atoms with E-state index in [2.05, 4.69) is 55.5 Å². The van der Waals surface area contributed by atoms with Gasteiger partial charge in [0.1, 0.15) is 0 Å². The second-order valence-corrected chi connectivity index (χ2v) is 9.92. The SMILES string of the molecule is CCCCCCCCCCCCCCCCCC(=O)N(Cc1ccccc1)Cc1ccccc1. The largest absolute Gasteiger partial charge is 0.334 e. The van der Waals surface area contributed by atoms with E-state index in [1.165, 1.54) is 101 Å². The van der Waals surface area contributed by atoms with Gasteiger partial charge in [-0.05, 0) is 17.5 Å². The predicted molar refractivity (Wildman–Crippen MR) is 147 cm³/mol. The average Bonchev–Trinajstić information content (AvgIpc) is 2.87. The molecule has 0 saturated carbocycles. The first-order chi connectivity index (χ1) is 16.8. The van der Waals surface area contributed by atoms with Crippen molar-refractivity contribution < 1.29 is 4.79 Å². The van der Waals surface area contributed by atoms with E-state index in [1.807, 2.05) is 17.0 Å². The Morgan fingerprint density at radius 3 is 1.26 bits per heavy atom. The molecule has 0 saturated heterocycles. The van der Waals surface area contributed by atoms with Crippen molar-refractivity contribution in [2.75, 3.05) is 0 Å². The molecule has 2 rings (SSSR count). The molecule has 0 fully saturated rings. The van der Waals surface area contributed by atoms with E-state index in [9.17, 15) is 4.79 Å². The van der Waals surface area contributed by atoms with Crippen molar-refractivity contribution in [3.05, 3.63) is 71.8 Å². The lowest BCUT2D eigenvalue weighted by molar-refractivity contribution is -0.132. The van der Waals surface area contributed by atoms with Gasteiger partial charge in [-0.1, -0.05) is 157 Å². The highest BCUT2D eigenvalue weighted by molar-refractivity contribution is 5.76. The van der Waals surface area contributed by atoms with Crippen LogP contribution in [0.4, 0.5) is 0 Å². The van der Waals surface area contributed by atoms with Crippen LogP contribution in [0.3, 0.4) is 0 Å². The third kappa shape index (κ3) is 13.6. The van der Waals surface area contributed by atoms with Crippen LogP contribution in [0, 0.1) is 0 Å². The maximum absolute atomic E-state index is 13.0. The molecule has 0 atom stereocenters. The van der Waals surface area contributed by atoms with Gasteiger partial charge in [-0.3, -0.25) is 4.79 Å². The Labute approximate surface area is 210 Å². The Morgan fingerprint density at radius 1 is 0.529 bits per heavy atom. The highest BCUT2D eigenvalue weighted by atomic mass is 16.2. The normalized spacial score (nSPS) is 11.0. The van der Waals surface area contributed by atoms with Gasteiger partial charge in [0.2, 0.25) is 5.91 Å². The van der Waals surface area contributed by atoms with Crippen molar-refractivity contribution in [2.45, 2.75) is 123 Å². The molecule has 0 aliphatic carbocycles. The Balaban J connectivity index is 1.54. The van der Waals surface area contributed by atoms with Crippen LogP contribution < -0.4 is 0 Å². The van der Waals surface area contributed by atoms with Crippen molar-refractivity contribution in [2.24, 2.45) is 0 Å². The molecule has 188 valence electrons. The van der Waals surface area contributed by atoms with Crippen LogP contribution >= 0.6 is 0 Å². The van der Waals surface area contributed by atoms with Gasteiger partial charge in [-0.2, -0.15) is 0 Å². The molecular formula is C32H49NO. The number of benzene rings is 2. The Bertz CT molecular complexity index is 686. The van der Waals surface area contributed by atoms with Gasteiger partial charge in [0.15, 0.2) is 0 Å². The molecule has 1 amide bonds. The van der Waals surface area contributed by atoms with Crippen LogP contribution in [0.25, 0.3) is 0 Å². The third-order valence-electron chi connectivity index (χ3n) is 6.78. The number of unbranched alkanes of at least 4 members (excludes halogenated alkanes) is 14. The lowest BCUT2D eigenvalue weighted by atomic mass is 10.0. The van der Waals surface area contributed by atoms with E-state index in [4.69, 9.17) is 0 Å². The van der Waals surface area contributed by atoms with E-state index >= 15 is 0 Å². The number of hydrogen-bond acceptors (Lipinski definition) is 1. The summed E-state index contributed by atoms with van der Waals surface area (Å²) in [4.78, 5) is 15.0. The van der Waals surface area contributed by atoms with Crippen LogP contribution in [-0.2, 0) is 17.9 Å². The van der Waals surface area contributed by atoms with Crippen molar-refractivity contribution in [3.8, 4) is 0 Å². The summed E-state index contributed by atoms with van der Waals surface area (Å²) in [5.74, 6) is 0.280. The molecule has 2 nitrogen and oxygen atoms in total. The fourth-order valence-electron chi connectivity index (χ4n) is 4.65. The fraction of sp³-hybridized carbons (Fsp3) is 0.594. The van der Waals surface area contributed by atoms with E-state index in [-0.39, 0.29) is 5.91 Å². The van der Waals surface area contributed by atoms with Gasteiger partial charge < -0.3 is 4.90 Å². The first kappa shape index (κ1) is 28.1. The lowest BCUT2D eigenvalue weighted by Gasteiger charge is -2.23. The molecule has 2 aromatic carbocycles. The molecule has 0 aliphatic rings. The molecule has 2 heteroatoms. The third-order valence-corrected chi connectivity index (χ3v) is 6.78. The van der Waals surface area contributed by atoms with Crippen molar-refractivity contribution in [1.82, 2.24) is 4.90 Å². The highest BCUT2D eigenvalue weighted by Gasteiger charge is 2.14. The Morgan fingerprint density at radius 2 is 0.882 bits per heavy atom.